The number of hydrogen-bond donors (Lipinski definition) is 2. The fourth-order valence-corrected chi connectivity index (χ4v) is 5.70. The Balaban J connectivity index is 2.00. The molecule has 0 spiro atoms. The van der Waals surface area contributed by atoms with Crippen LogP contribution < -0.4 is 0 Å². The molecule has 3 heteroatoms. The molecule has 0 aliphatic heterocycles. The molecule has 118 valence electrons. The van der Waals surface area contributed by atoms with E-state index in [9.17, 15) is 4.55 Å². The predicted molar refractivity (Wildman–Crippen MR) is 103 cm³/mol. The summed E-state index contributed by atoms with van der Waals surface area (Å²) in [7, 11) is 0. The van der Waals surface area contributed by atoms with E-state index in [4.69, 9.17) is 12.6 Å². The van der Waals surface area contributed by atoms with Gasteiger partial charge < -0.3 is 4.55 Å². The van der Waals surface area contributed by atoms with Crippen molar-refractivity contribution in [2.75, 3.05) is 0 Å². The standard InChI is InChI=1S/C21H16OS2/c22-24-20(23)21-16-10-4-1-7-13(16)19(14-8-2-5-11-17(14)21)15-9-3-6-12-18(15)21/h1-12,19-20,22-23H. The Labute approximate surface area is 151 Å². The Morgan fingerprint density at radius 2 is 1.12 bits per heavy atom. The highest BCUT2D eigenvalue weighted by molar-refractivity contribution is 8.06. The van der Waals surface area contributed by atoms with E-state index in [0.29, 0.717) is 0 Å². The van der Waals surface area contributed by atoms with Crippen molar-refractivity contribution < 1.29 is 4.55 Å². The highest BCUT2D eigenvalue weighted by Crippen LogP contribution is 2.62. The van der Waals surface area contributed by atoms with Crippen molar-refractivity contribution in [1.29, 1.82) is 0 Å². The van der Waals surface area contributed by atoms with Crippen molar-refractivity contribution in [1.82, 2.24) is 0 Å². The second kappa shape index (κ2) is 5.16. The third-order valence-corrected chi connectivity index (χ3v) is 6.78. The molecule has 3 aromatic carbocycles. The Kier molecular flexibility index (Phi) is 3.15. The zero-order valence-electron chi connectivity index (χ0n) is 12.9. The van der Waals surface area contributed by atoms with Crippen LogP contribution in [0.2, 0.25) is 0 Å². The molecule has 1 N–H and O–H groups in total. The average Bonchev–Trinajstić information content (AvgIpc) is 2.67. The van der Waals surface area contributed by atoms with Gasteiger partial charge in [-0.1, -0.05) is 72.8 Å². The van der Waals surface area contributed by atoms with Crippen LogP contribution in [0, 0.1) is 0 Å². The molecule has 2 bridgehead atoms. The summed E-state index contributed by atoms with van der Waals surface area (Å²) in [4.78, 5) is 0. The van der Waals surface area contributed by atoms with Crippen LogP contribution in [-0.4, -0.2) is 9.13 Å². The molecule has 3 aliphatic carbocycles. The minimum absolute atomic E-state index is 0.264. The van der Waals surface area contributed by atoms with Gasteiger partial charge in [-0.3, -0.25) is 0 Å². The molecule has 1 nitrogen and oxygen atoms in total. The normalized spacial score (nSPS) is 24.0. The largest absolute Gasteiger partial charge is 0.329 e. The van der Waals surface area contributed by atoms with Gasteiger partial charge >= 0.3 is 0 Å². The van der Waals surface area contributed by atoms with Crippen molar-refractivity contribution in [3.63, 3.8) is 0 Å². The van der Waals surface area contributed by atoms with Gasteiger partial charge in [0.1, 0.15) is 0 Å². The van der Waals surface area contributed by atoms with Crippen LogP contribution in [0.3, 0.4) is 0 Å². The first-order chi connectivity index (χ1) is 11.8. The summed E-state index contributed by atoms with van der Waals surface area (Å²) in [5, 5.41) is 0. The highest BCUT2D eigenvalue weighted by atomic mass is 32.2. The highest BCUT2D eigenvalue weighted by Gasteiger charge is 2.54. The van der Waals surface area contributed by atoms with Crippen LogP contribution in [0.15, 0.2) is 72.8 Å². The summed E-state index contributed by atoms with van der Waals surface area (Å²) < 4.78 is 9.74. The van der Waals surface area contributed by atoms with Gasteiger partial charge in [0.25, 0.3) is 0 Å². The number of benzene rings is 3. The third kappa shape index (κ3) is 1.58. The Bertz CT molecular complexity index is 834. The Morgan fingerprint density at radius 3 is 1.50 bits per heavy atom. The van der Waals surface area contributed by atoms with Gasteiger partial charge in [-0.15, -0.1) is 0 Å². The molecule has 6 rings (SSSR count). The lowest BCUT2D eigenvalue weighted by atomic mass is 9.53. The van der Waals surface area contributed by atoms with Crippen LogP contribution in [0.4, 0.5) is 0 Å². The monoisotopic (exact) mass is 348 g/mol. The fourth-order valence-electron chi connectivity index (χ4n) is 4.74. The molecule has 1 atom stereocenters. The lowest BCUT2D eigenvalue weighted by molar-refractivity contribution is 0.567. The van der Waals surface area contributed by atoms with Crippen molar-refractivity contribution in [2.24, 2.45) is 0 Å². The maximum absolute atomic E-state index is 10.0. The first-order valence-electron chi connectivity index (χ1n) is 8.06. The molecule has 24 heavy (non-hydrogen) atoms. The second-order valence-electron chi connectivity index (χ2n) is 6.46. The van der Waals surface area contributed by atoms with Crippen LogP contribution in [0.5, 0.6) is 0 Å². The summed E-state index contributed by atoms with van der Waals surface area (Å²) in [5.41, 5.74) is 7.40. The number of thiol groups is 1. The van der Waals surface area contributed by atoms with Crippen LogP contribution in [0.25, 0.3) is 0 Å². The summed E-state index contributed by atoms with van der Waals surface area (Å²) in [6.45, 7) is 0. The van der Waals surface area contributed by atoms with Gasteiger partial charge in [0.2, 0.25) is 0 Å². The first kappa shape index (κ1) is 14.6. The summed E-state index contributed by atoms with van der Waals surface area (Å²) in [6.07, 6.45) is 0. The lowest BCUT2D eigenvalue weighted by Crippen LogP contribution is -2.47. The number of hydrogen-bond acceptors (Lipinski definition) is 3. The lowest BCUT2D eigenvalue weighted by Gasteiger charge is -2.52. The SMILES string of the molecule is OSC(S)C12c3ccccc3C(c3ccccc31)c1ccccc12. The van der Waals surface area contributed by atoms with E-state index in [1.54, 1.807) is 0 Å². The van der Waals surface area contributed by atoms with Gasteiger partial charge in [0, 0.05) is 18.0 Å². The van der Waals surface area contributed by atoms with E-state index in [-0.39, 0.29) is 10.5 Å². The van der Waals surface area contributed by atoms with Gasteiger partial charge in [-0.25, -0.2) is 0 Å². The topological polar surface area (TPSA) is 20.2 Å². The van der Waals surface area contributed by atoms with Crippen LogP contribution in [-0.2, 0) is 5.41 Å². The van der Waals surface area contributed by atoms with Crippen LogP contribution in [0.1, 0.15) is 39.3 Å². The van der Waals surface area contributed by atoms with E-state index in [1.165, 1.54) is 33.4 Å². The Hall–Kier alpha value is -1.68. The average molecular weight is 348 g/mol. The molecule has 0 amide bonds. The molecule has 3 aromatic rings. The van der Waals surface area contributed by atoms with Gasteiger partial charge in [0.05, 0.1) is 10.00 Å². The smallest absolute Gasteiger partial charge is 0.0911 e. The maximum atomic E-state index is 10.0. The molecule has 3 aliphatic rings. The maximum Gasteiger partial charge on any atom is 0.0911 e. The van der Waals surface area contributed by atoms with Crippen molar-refractivity contribution in [3.05, 3.63) is 106 Å². The zero-order valence-corrected chi connectivity index (χ0v) is 14.6. The quantitative estimate of drug-likeness (QED) is 0.373. The summed E-state index contributed by atoms with van der Waals surface area (Å²) in [6, 6.07) is 25.9. The fraction of sp³-hybridized carbons (Fsp3) is 0.143. The number of rotatable bonds is 2. The molecule has 0 radical (unpaired) electrons. The molecular formula is C21H16OS2. The van der Waals surface area contributed by atoms with Crippen LogP contribution >= 0.6 is 24.7 Å². The van der Waals surface area contributed by atoms with E-state index in [1.807, 2.05) is 0 Å². The third-order valence-electron chi connectivity index (χ3n) is 5.56. The molecular weight excluding hydrogens is 332 g/mol. The minimum Gasteiger partial charge on any atom is -0.329 e. The van der Waals surface area contributed by atoms with Gasteiger partial charge in [-0.05, 0) is 33.4 Å². The molecule has 0 fully saturated rings. The first-order valence-corrected chi connectivity index (χ1v) is 9.42. The zero-order chi connectivity index (χ0) is 16.3. The predicted octanol–water partition coefficient (Wildman–Crippen LogP) is 5.29. The second-order valence-corrected chi connectivity index (χ2v) is 8.01. The molecule has 0 heterocycles. The van der Waals surface area contributed by atoms with Gasteiger partial charge in [-0.2, -0.15) is 12.6 Å². The summed E-state index contributed by atoms with van der Waals surface area (Å²) in [5.74, 6) is 0.264. The van der Waals surface area contributed by atoms with E-state index < -0.39 is 5.41 Å². The van der Waals surface area contributed by atoms with E-state index >= 15 is 0 Å². The van der Waals surface area contributed by atoms with Crippen molar-refractivity contribution in [2.45, 2.75) is 15.9 Å². The minimum atomic E-state index is -0.430. The molecule has 0 saturated carbocycles. The van der Waals surface area contributed by atoms with E-state index in [2.05, 4.69) is 72.8 Å². The molecule has 0 saturated heterocycles. The molecule has 0 aromatic heterocycles. The Morgan fingerprint density at radius 1 is 0.750 bits per heavy atom. The van der Waals surface area contributed by atoms with Crippen molar-refractivity contribution >= 4 is 24.7 Å². The molecule has 1 unspecified atom stereocenters. The summed E-state index contributed by atoms with van der Waals surface area (Å²) >= 11 is 5.68. The van der Waals surface area contributed by atoms with E-state index in [0.717, 1.165) is 12.0 Å². The van der Waals surface area contributed by atoms with Gasteiger partial charge in [0.15, 0.2) is 0 Å². The van der Waals surface area contributed by atoms with Crippen molar-refractivity contribution in [3.8, 4) is 0 Å².